The Morgan fingerprint density at radius 3 is 2.82 bits per heavy atom. The van der Waals surface area contributed by atoms with Gasteiger partial charge in [-0.2, -0.15) is 5.10 Å². The fourth-order valence-electron chi connectivity index (χ4n) is 2.37. The molecule has 5 heteroatoms. The summed E-state index contributed by atoms with van der Waals surface area (Å²) in [6.45, 7) is 0.659. The largest absolute Gasteiger partial charge is 0.388 e. The minimum Gasteiger partial charge on any atom is -0.388 e. The van der Waals surface area contributed by atoms with Gasteiger partial charge in [-0.1, -0.05) is 12.8 Å². The molecule has 0 radical (unpaired) electrons. The zero-order valence-corrected chi connectivity index (χ0v) is 10.2. The van der Waals surface area contributed by atoms with Crippen LogP contribution in [0.4, 0.5) is 0 Å². The highest BCUT2D eigenvalue weighted by molar-refractivity contribution is 5.75. The summed E-state index contributed by atoms with van der Waals surface area (Å²) in [5, 5.41) is 14.2. The Morgan fingerprint density at radius 1 is 1.53 bits per heavy atom. The van der Waals surface area contributed by atoms with Crippen LogP contribution in [0.25, 0.3) is 0 Å². The molecule has 1 aliphatic carbocycles. The number of rotatable bonds is 4. The van der Waals surface area contributed by atoms with Crippen LogP contribution in [0.1, 0.15) is 25.7 Å². The molecule has 0 unspecified atom stereocenters. The summed E-state index contributed by atoms with van der Waals surface area (Å²) in [7, 11) is 1.74. The topological polar surface area (TPSA) is 58.4 Å². The average Bonchev–Trinajstić information content (AvgIpc) is 2.90. The van der Waals surface area contributed by atoms with Crippen LogP contribution >= 0.6 is 0 Å². The summed E-state index contributed by atoms with van der Waals surface area (Å²) in [5.74, 6) is -0.0194. The molecule has 1 aliphatic rings. The molecule has 94 valence electrons. The van der Waals surface area contributed by atoms with Crippen molar-refractivity contribution in [3.63, 3.8) is 0 Å². The van der Waals surface area contributed by atoms with E-state index in [1.807, 2.05) is 0 Å². The number of carbonyl (C=O) groups excluding carboxylic acids is 1. The van der Waals surface area contributed by atoms with Gasteiger partial charge < -0.3 is 10.0 Å². The smallest absolute Gasteiger partial charge is 0.244 e. The Balaban J connectivity index is 1.87. The summed E-state index contributed by atoms with van der Waals surface area (Å²) in [5.41, 5.74) is -0.672. The molecule has 0 aliphatic heterocycles. The Labute approximate surface area is 101 Å². The minimum absolute atomic E-state index is 0.0194. The van der Waals surface area contributed by atoms with Crippen LogP contribution in [0.3, 0.4) is 0 Å². The van der Waals surface area contributed by atoms with E-state index >= 15 is 0 Å². The van der Waals surface area contributed by atoms with Gasteiger partial charge in [-0.15, -0.1) is 0 Å². The zero-order chi connectivity index (χ0) is 12.3. The number of hydrogen-bond donors (Lipinski definition) is 1. The lowest BCUT2D eigenvalue weighted by Crippen LogP contribution is -2.43. The van der Waals surface area contributed by atoms with E-state index in [2.05, 4.69) is 5.10 Å². The number of amides is 1. The number of aliphatic hydroxyl groups is 1. The Morgan fingerprint density at radius 2 is 2.24 bits per heavy atom. The van der Waals surface area contributed by atoms with Gasteiger partial charge in [-0.25, -0.2) is 0 Å². The van der Waals surface area contributed by atoms with Gasteiger partial charge in [0.25, 0.3) is 0 Å². The maximum Gasteiger partial charge on any atom is 0.244 e. The van der Waals surface area contributed by atoms with Crippen LogP contribution < -0.4 is 0 Å². The van der Waals surface area contributed by atoms with Gasteiger partial charge in [-0.3, -0.25) is 9.48 Å². The van der Waals surface area contributed by atoms with Crippen molar-refractivity contribution < 1.29 is 9.90 Å². The third-order valence-electron chi connectivity index (χ3n) is 3.35. The van der Waals surface area contributed by atoms with Gasteiger partial charge >= 0.3 is 0 Å². The van der Waals surface area contributed by atoms with Gasteiger partial charge in [0.2, 0.25) is 5.91 Å². The predicted octanol–water partition coefficient (Wildman–Crippen LogP) is 0.647. The molecule has 1 aromatic rings. The van der Waals surface area contributed by atoms with Crippen molar-refractivity contribution in [3.8, 4) is 0 Å². The molecule has 0 spiro atoms. The molecule has 1 amide bonds. The Bertz CT molecular complexity index is 369. The lowest BCUT2D eigenvalue weighted by atomic mass is 10.0. The minimum atomic E-state index is -0.672. The quantitative estimate of drug-likeness (QED) is 0.836. The number of hydrogen-bond acceptors (Lipinski definition) is 3. The molecular formula is C12H19N3O2. The van der Waals surface area contributed by atoms with Crippen molar-refractivity contribution >= 4 is 5.91 Å². The second-order valence-corrected chi connectivity index (χ2v) is 4.88. The first kappa shape index (κ1) is 12.1. The molecule has 2 rings (SSSR count). The predicted molar refractivity (Wildman–Crippen MR) is 63.3 cm³/mol. The molecule has 0 aromatic carbocycles. The third-order valence-corrected chi connectivity index (χ3v) is 3.35. The lowest BCUT2D eigenvalue weighted by Gasteiger charge is -2.28. The summed E-state index contributed by atoms with van der Waals surface area (Å²) in [4.78, 5) is 13.5. The van der Waals surface area contributed by atoms with E-state index in [-0.39, 0.29) is 12.5 Å². The van der Waals surface area contributed by atoms with E-state index in [1.165, 1.54) is 0 Å². The number of carbonyl (C=O) groups is 1. The Kier molecular flexibility index (Phi) is 3.47. The molecule has 0 bridgehead atoms. The van der Waals surface area contributed by atoms with Crippen molar-refractivity contribution in [1.29, 1.82) is 0 Å². The van der Waals surface area contributed by atoms with Crippen molar-refractivity contribution in [1.82, 2.24) is 14.7 Å². The zero-order valence-electron chi connectivity index (χ0n) is 10.2. The molecule has 1 heterocycles. The molecule has 0 saturated heterocycles. The van der Waals surface area contributed by atoms with Crippen LogP contribution in [0.5, 0.6) is 0 Å². The SMILES string of the molecule is CN(CC1(O)CCCC1)C(=O)Cn1cccn1. The fourth-order valence-corrected chi connectivity index (χ4v) is 2.37. The maximum absolute atomic E-state index is 11.9. The van der Waals surface area contributed by atoms with E-state index < -0.39 is 5.60 Å². The lowest BCUT2D eigenvalue weighted by molar-refractivity contribution is -0.134. The van der Waals surface area contributed by atoms with Gasteiger partial charge in [0, 0.05) is 26.0 Å². The maximum atomic E-state index is 11.9. The van der Waals surface area contributed by atoms with E-state index in [9.17, 15) is 9.90 Å². The number of likely N-dealkylation sites (N-methyl/N-ethyl adjacent to an activating group) is 1. The van der Waals surface area contributed by atoms with Crippen molar-refractivity contribution in [3.05, 3.63) is 18.5 Å². The van der Waals surface area contributed by atoms with Crippen LogP contribution in [0.15, 0.2) is 18.5 Å². The molecule has 1 saturated carbocycles. The van der Waals surface area contributed by atoms with Gasteiger partial charge in [0.15, 0.2) is 0 Å². The number of aromatic nitrogens is 2. The van der Waals surface area contributed by atoms with E-state index in [1.54, 1.807) is 35.1 Å². The first-order valence-corrected chi connectivity index (χ1v) is 6.03. The van der Waals surface area contributed by atoms with Crippen molar-refractivity contribution in [2.75, 3.05) is 13.6 Å². The summed E-state index contributed by atoms with van der Waals surface area (Å²) in [6, 6.07) is 1.79. The number of nitrogens with zero attached hydrogens (tertiary/aromatic N) is 3. The normalized spacial score (nSPS) is 18.2. The molecule has 17 heavy (non-hydrogen) atoms. The summed E-state index contributed by atoms with van der Waals surface area (Å²) < 4.78 is 1.59. The molecular weight excluding hydrogens is 218 g/mol. The molecule has 1 aromatic heterocycles. The second-order valence-electron chi connectivity index (χ2n) is 4.88. The molecule has 0 atom stereocenters. The summed E-state index contributed by atoms with van der Waals surface area (Å²) >= 11 is 0. The van der Waals surface area contributed by atoms with E-state index in [0.717, 1.165) is 25.7 Å². The second kappa shape index (κ2) is 4.87. The van der Waals surface area contributed by atoms with Crippen molar-refractivity contribution in [2.45, 2.75) is 37.8 Å². The van der Waals surface area contributed by atoms with Crippen LogP contribution in [-0.2, 0) is 11.3 Å². The van der Waals surface area contributed by atoms with Crippen molar-refractivity contribution in [2.24, 2.45) is 0 Å². The molecule has 5 nitrogen and oxygen atoms in total. The van der Waals surface area contributed by atoms with Gasteiger partial charge in [-0.05, 0) is 18.9 Å². The first-order valence-electron chi connectivity index (χ1n) is 6.03. The van der Waals surface area contributed by atoms with E-state index in [4.69, 9.17) is 0 Å². The highest BCUT2D eigenvalue weighted by Crippen LogP contribution is 2.29. The van der Waals surface area contributed by atoms with Crippen LogP contribution in [-0.4, -0.2) is 44.9 Å². The highest BCUT2D eigenvalue weighted by Gasteiger charge is 2.33. The highest BCUT2D eigenvalue weighted by atomic mass is 16.3. The van der Waals surface area contributed by atoms with Gasteiger partial charge in [0.1, 0.15) is 6.54 Å². The van der Waals surface area contributed by atoms with E-state index in [0.29, 0.717) is 6.54 Å². The fraction of sp³-hybridized carbons (Fsp3) is 0.667. The Hall–Kier alpha value is -1.36. The molecule has 1 N–H and O–H groups in total. The van der Waals surface area contributed by atoms with Crippen LogP contribution in [0.2, 0.25) is 0 Å². The monoisotopic (exact) mass is 237 g/mol. The van der Waals surface area contributed by atoms with Gasteiger partial charge in [0.05, 0.1) is 5.60 Å². The van der Waals surface area contributed by atoms with Crippen LogP contribution in [0, 0.1) is 0 Å². The average molecular weight is 237 g/mol. The summed E-state index contributed by atoms with van der Waals surface area (Å²) in [6.07, 6.45) is 7.11. The third kappa shape index (κ3) is 3.06. The standard InChI is InChI=1S/C12H19N3O2/c1-14(10-12(17)5-2-3-6-12)11(16)9-15-8-4-7-13-15/h4,7-8,17H,2-3,5-6,9-10H2,1H3. The first-order chi connectivity index (χ1) is 8.09. The molecule has 1 fully saturated rings.